The van der Waals surface area contributed by atoms with Crippen LogP contribution in [-0.2, 0) is 27.2 Å². The predicted octanol–water partition coefficient (Wildman–Crippen LogP) is 3.42. The highest BCUT2D eigenvalue weighted by atomic mass is 19.1. The Morgan fingerprint density at radius 3 is 2.44 bits per heavy atom. The van der Waals surface area contributed by atoms with Gasteiger partial charge in [0.15, 0.2) is 0 Å². The number of hydrogen-bond donors (Lipinski definition) is 1. The molecule has 0 fully saturated rings. The van der Waals surface area contributed by atoms with Crippen LogP contribution in [0.2, 0.25) is 0 Å². The summed E-state index contributed by atoms with van der Waals surface area (Å²) in [7, 11) is 1.30. The number of esters is 1. The van der Waals surface area contributed by atoms with E-state index in [1.807, 2.05) is 42.5 Å². The maximum atomic E-state index is 13.0. The molecule has 0 aliphatic carbocycles. The molecule has 1 amide bonds. The fraction of sp³-hybridized carbons (Fsp3) is 0.182. The van der Waals surface area contributed by atoms with Gasteiger partial charge in [-0.15, -0.1) is 0 Å². The van der Waals surface area contributed by atoms with Crippen molar-refractivity contribution in [1.29, 1.82) is 0 Å². The maximum Gasteiger partial charge on any atom is 0.328 e. The molecule has 0 bridgehead atoms. The molecule has 27 heavy (non-hydrogen) atoms. The monoisotopic (exact) mass is 365 g/mol. The number of rotatable bonds is 6. The molecular formula is C22H20FNO3. The number of nitrogens with one attached hydrogen (secondary N) is 1. The van der Waals surface area contributed by atoms with Crippen LogP contribution in [0.15, 0.2) is 66.7 Å². The van der Waals surface area contributed by atoms with E-state index in [0.717, 1.165) is 16.3 Å². The average molecular weight is 365 g/mol. The quantitative estimate of drug-likeness (QED) is 0.681. The minimum absolute atomic E-state index is 0.0588. The molecule has 0 aromatic heterocycles. The maximum absolute atomic E-state index is 13.0. The molecule has 3 aromatic rings. The Kier molecular flexibility index (Phi) is 5.81. The van der Waals surface area contributed by atoms with E-state index in [-0.39, 0.29) is 18.1 Å². The van der Waals surface area contributed by atoms with Gasteiger partial charge in [0, 0.05) is 6.42 Å². The molecule has 4 nitrogen and oxygen atoms in total. The van der Waals surface area contributed by atoms with Crippen molar-refractivity contribution in [3.63, 3.8) is 0 Å². The minimum atomic E-state index is -0.797. The van der Waals surface area contributed by atoms with Gasteiger partial charge >= 0.3 is 5.97 Å². The van der Waals surface area contributed by atoms with Crippen molar-refractivity contribution in [2.45, 2.75) is 18.9 Å². The number of halogens is 1. The summed E-state index contributed by atoms with van der Waals surface area (Å²) in [6.07, 6.45) is 0.381. The van der Waals surface area contributed by atoms with Crippen molar-refractivity contribution in [3.8, 4) is 0 Å². The van der Waals surface area contributed by atoms with Gasteiger partial charge in [-0.1, -0.05) is 54.6 Å². The highest BCUT2D eigenvalue weighted by Crippen LogP contribution is 2.20. The number of benzene rings is 3. The van der Waals surface area contributed by atoms with Gasteiger partial charge in [0.25, 0.3) is 0 Å². The number of fused-ring (bicyclic) bond motifs is 1. The van der Waals surface area contributed by atoms with Gasteiger partial charge in [0.05, 0.1) is 13.5 Å². The number of ether oxygens (including phenoxy) is 1. The predicted molar refractivity (Wildman–Crippen MR) is 102 cm³/mol. The number of amides is 1. The molecule has 5 heteroatoms. The zero-order chi connectivity index (χ0) is 19.2. The van der Waals surface area contributed by atoms with Crippen LogP contribution < -0.4 is 5.32 Å². The highest BCUT2D eigenvalue weighted by Gasteiger charge is 2.22. The smallest absolute Gasteiger partial charge is 0.328 e. The van der Waals surface area contributed by atoms with Crippen LogP contribution >= 0.6 is 0 Å². The van der Waals surface area contributed by atoms with Crippen LogP contribution in [0.1, 0.15) is 11.1 Å². The molecule has 0 aliphatic heterocycles. The first-order chi connectivity index (χ1) is 13.1. The Morgan fingerprint density at radius 1 is 1.00 bits per heavy atom. The first-order valence-corrected chi connectivity index (χ1v) is 8.65. The SMILES string of the molecule is COC(=O)[C@H](Cc1cccc2ccccc12)NC(=O)Cc1ccc(F)cc1. The Balaban J connectivity index is 1.76. The molecule has 138 valence electrons. The van der Waals surface area contributed by atoms with Crippen molar-refractivity contribution < 1.29 is 18.7 Å². The number of carbonyl (C=O) groups excluding carboxylic acids is 2. The number of methoxy groups -OCH3 is 1. The van der Waals surface area contributed by atoms with Crippen molar-refractivity contribution in [1.82, 2.24) is 5.32 Å². The summed E-state index contributed by atoms with van der Waals surface area (Å²) >= 11 is 0. The summed E-state index contributed by atoms with van der Waals surface area (Å²) in [5.74, 6) is -1.19. The van der Waals surface area contributed by atoms with Crippen molar-refractivity contribution in [3.05, 3.63) is 83.7 Å². The van der Waals surface area contributed by atoms with Crippen LogP contribution in [0.3, 0.4) is 0 Å². The van der Waals surface area contributed by atoms with E-state index >= 15 is 0 Å². The first-order valence-electron chi connectivity index (χ1n) is 8.65. The second-order valence-corrected chi connectivity index (χ2v) is 6.29. The Morgan fingerprint density at radius 2 is 1.70 bits per heavy atom. The van der Waals surface area contributed by atoms with E-state index in [0.29, 0.717) is 12.0 Å². The van der Waals surface area contributed by atoms with E-state index in [1.54, 1.807) is 12.1 Å². The minimum Gasteiger partial charge on any atom is -0.467 e. The molecule has 0 unspecified atom stereocenters. The third-order valence-electron chi connectivity index (χ3n) is 4.40. The van der Waals surface area contributed by atoms with Gasteiger partial charge in [-0.3, -0.25) is 4.79 Å². The molecular weight excluding hydrogens is 345 g/mol. The topological polar surface area (TPSA) is 55.4 Å². The number of carbonyl (C=O) groups is 2. The number of hydrogen-bond acceptors (Lipinski definition) is 3. The van der Waals surface area contributed by atoms with Crippen molar-refractivity contribution in [2.75, 3.05) is 7.11 Å². The summed E-state index contributed by atoms with van der Waals surface area (Å²) in [5.41, 5.74) is 1.62. The van der Waals surface area contributed by atoms with Gasteiger partial charge in [-0.2, -0.15) is 0 Å². The lowest BCUT2D eigenvalue weighted by Gasteiger charge is -2.18. The second kappa shape index (κ2) is 8.45. The third-order valence-corrected chi connectivity index (χ3v) is 4.40. The van der Waals surface area contributed by atoms with Crippen LogP contribution in [0.5, 0.6) is 0 Å². The van der Waals surface area contributed by atoms with Gasteiger partial charge in [-0.25, -0.2) is 9.18 Å². The van der Waals surface area contributed by atoms with Crippen LogP contribution in [0.4, 0.5) is 4.39 Å². The van der Waals surface area contributed by atoms with E-state index in [9.17, 15) is 14.0 Å². The molecule has 3 rings (SSSR count). The van der Waals surface area contributed by atoms with Crippen LogP contribution in [0, 0.1) is 5.82 Å². The molecule has 0 heterocycles. The zero-order valence-corrected chi connectivity index (χ0v) is 14.9. The molecule has 0 saturated heterocycles. The van der Waals surface area contributed by atoms with E-state index in [4.69, 9.17) is 4.74 Å². The molecule has 0 aliphatic rings. The fourth-order valence-electron chi connectivity index (χ4n) is 3.06. The summed E-state index contributed by atoms with van der Waals surface area (Å²) in [6, 6.07) is 18.6. The summed E-state index contributed by atoms with van der Waals surface area (Å²) < 4.78 is 17.9. The second-order valence-electron chi connectivity index (χ2n) is 6.29. The normalized spacial score (nSPS) is 11.8. The Hall–Kier alpha value is -3.21. The fourth-order valence-corrected chi connectivity index (χ4v) is 3.06. The van der Waals surface area contributed by atoms with E-state index in [2.05, 4.69) is 5.32 Å². The molecule has 0 spiro atoms. The van der Waals surface area contributed by atoms with Gasteiger partial charge in [0.2, 0.25) is 5.91 Å². The summed E-state index contributed by atoms with van der Waals surface area (Å²) in [4.78, 5) is 24.6. The summed E-state index contributed by atoms with van der Waals surface area (Å²) in [5, 5.41) is 4.83. The Labute approximate surface area is 157 Å². The molecule has 0 radical (unpaired) electrons. The summed E-state index contributed by atoms with van der Waals surface area (Å²) in [6.45, 7) is 0. The molecule has 1 atom stereocenters. The van der Waals surface area contributed by atoms with Crippen molar-refractivity contribution in [2.24, 2.45) is 0 Å². The molecule has 0 saturated carbocycles. The average Bonchev–Trinajstić information content (AvgIpc) is 2.69. The van der Waals surface area contributed by atoms with Crippen LogP contribution in [0.25, 0.3) is 10.8 Å². The lowest BCUT2D eigenvalue weighted by molar-refractivity contribution is -0.145. The Bertz CT molecular complexity index is 948. The third kappa shape index (κ3) is 4.70. The molecule has 1 N–H and O–H groups in total. The van der Waals surface area contributed by atoms with Gasteiger partial charge in [-0.05, 0) is 34.0 Å². The lowest BCUT2D eigenvalue weighted by atomic mass is 9.98. The van der Waals surface area contributed by atoms with Gasteiger partial charge in [0.1, 0.15) is 11.9 Å². The highest BCUT2D eigenvalue weighted by molar-refractivity contribution is 5.88. The van der Waals surface area contributed by atoms with Crippen molar-refractivity contribution >= 4 is 22.6 Å². The zero-order valence-electron chi connectivity index (χ0n) is 14.9. The standard InChI is InChI=1S/C22H20FNO3/c1-27-22(26)20(24-21(25)13-15-9-11-18(23)12-10-15)14-17-7-4-6-16-5-2-3-8-19(16)17/h2-12,20H,13-14H2,1H3,(H,24,25)/t20-/m0/s1. The largest absolute Gasteiger partial charge is 0.467 e. The van der Waals surface area contributed by atoms with Crippen LogP contribution in [-0.4, -0.2) is 25.0 Å². The van der Waals surface area contributed by atoms with E-state index < -0.39 is 12.0 Å². The van der Waals surface area contributed by atoms with E-state index in [1.165, 1.54) is 19.2 Å². The lowest BCUT2D eigenvalue weighted by Crippen LogP contribution is -2.43. The van der Waals surface area contributed by atoms with Gasteiger partial charge < -0.3 is 10.1 Å². The molecule has 3 aromatic carbocycles. The first kappa shape index (κ1) is 18.6.